The van der Waals surface area contributed by atoms with E-state index < -0.39 is 9.84 Å². The van der Waals surface area contributed by atoms with Gasteiger partial charge in [-0.15, -0.1) is 0 Å². The highest BCUT2D eigenvalue weighted by molar-refractivity contribution is 7.91. The standard InChI is InChI=1S/C29H31ClN2O4S/c1-3-37(35,36)26-16-6-21(7-17-26)19-28(33)31-25-14-10-23(11-15-25)29(34)32(2)27(18-20-4-5-20)22-8-12-24(30)13-9-22/h6-17,20,27H,3-5,18-19H2,1-2H3,(H,31,33)/t27-/m1/s1. The van der Waals surface area contributed by atoms with E-state index in [1.54, 1.807) is 48.2 Å². The second kappa shape index (κ2) is 11.5. The number of carbonyl (C=O) groups is 2. The molecule has 1 aliphatic rings. The summed E-state index contributed by atoms with van der Waals surface area (Å²) in [6.07, 6.45) is 3.42. The first-order valence-corrected chi connectivity index (χ1v) is 14.4. The SMILES string of the molecule is CCS(=O)(=O)c1ccc(CC(=O)Nc2ccc(C(=O)N(C)[C@H](CC3CC3)c3ccc(Cl)cc3)cc2)cc1. The van der Waals surface area contributed by atoms with Gasteiger partial charge in [0, 0.05) is 23.3 Å². The van der Waals surface area contributed by atoms with Crippen molar-refractivity contribution in [2.45, 2.75) is 43.5 Å². The summed E-state index contributed by atoms with van der Waals surface area (Å²) in [6, 6.07) is 20.9. The lowest BCUT2D eigenvalue weighted by Gasteiger charge is -2.29. The van der Waals surface area contributed by atoms with Gasteiger partial charge in [-0.3, -0.25) is 9.59 Å². The van der Waals surface area contributed by atoms with Gasteiger partial charge in [-0.1, -0.05) is 55.6 Å². The summed E-state index contributed by atoms with van der Waals surface area (Å²) in [6.45, 7) is 1.60. The Hall–Kier alpha value is -3.16. The van der Waals surface area contributed by atoms with E-state index in [2.05, 4.69) is 5.32 Å². The van der Waals surface area contributed by atoms with Gasteiger partial charge in [0.2, 0.25) is 5.91 Å². The minimum absolute atomic E-state index is 0.0312. The summed E-state index contributed by atoms with van der Waals surface area (Å²) in [5, 5.41) is 3.50. The number of halogens is 1. The molecule has 1 saturated carbocycles. The minimum atomic E-state index is -3.27. The van der Waals surface area contributed by atoms with Crippen LogP contribution in [0.3, 0.4) is 0 Å². The molecule has 2 amide bonds. The second-order valence-corrected chi connectivity index (χ2v) is 12.2. The topological polar surface area (TPSA) is 83.5 Å². The van der Waals surface area contributed by atoms with Gasteiger partial charge in [-0.2, -0.15) is 0 Å². The van der Waals surface area contributed by atoms with Crippen LogP contribution in [0.2, 0.25) is 5.02 Å². The Balaban J connectivity index is 1.38. The normalized spacial score (nSPS) is 14.1. The van der Waals surface area contributed by atoms with Crippen molar-refractivity contribution < 1.29 is 18.0 Å². The first-order chi connectivity index (χ1) is 17.7. The van der Waals surface area contributed by atoms with Gasteiger partial charge in [0.15, 0.2) is 9.84 Å². The van der Waals surface area contributed by atoms with Crippen LogP contribution in [-0.2, 0) is 21.1 Å². The maximum atomic E-state index is 13.3. The highest BCUT2D eigenvalue weighted by Crippen LogP contribution is 2.40. The average molecular weight is 539 g/mol. The third-order valence-corrected chi connectivity index (χ3v) is 8.74. The molecule has 0 unspecified atom stereocenters. The van der Waals surface area contributed by atoms with E-state index in [1.807, 2.05) is 31.3 Å². The van der Waals surface area contributed by atoms with Gasteiger partial charge in [0.05, 0.1) is 23.1 Å². The van der Waals surface area contributed by atoms with Crippen molar-refractivity contribution in [1.82, 2.24) is 4.90 Å². The Morgan fingerprint density at radius 3 is 2.16 bits per heavy atom. The molecule has 0 aliphatic heterocycles. The van der Waals surface area contributed by atoms with Crippen LogP contribution in [0.1, 0.15) is 53.7 Å². The second-order valence-electron chi connectivity index (χ2n) is 9.51. The van der Waals surface area contributed by atoms with Crippen LogP contribution in [0.5, 0.6) is 0 Å². The fourth-order valence-electron chi connectivity index (χ4n) is 4.29. The first kappa shape index (κ1) is 26.9. The predicted molar refractivity (Wildman–Crippen MR) is 147 cm³/mol. The molecule has 37 heavy (non-hydrogen) atoms. The minimum Gasteiger partial charge on any atom is -0.335 e. The molecule has 4 rings (SSSR count). The molecule has 0 saturated heterocycles. The quantitative estimate of drug-likeness (QED) is 0.347. The smallest absolute Gasteiger partial charge is 0.254 e. The van der Waals surface area contributed by atoms with Crippen LogP contribution in [0.25, 0.3) is 0 Å². The van der Waals surface area contributed by atoms with Crippen molar-refractivity contribution in [1.29, 1.82) is 0 Å². The van der Waals surface area contributed by atoms with Crippen LogP contribution in [0.15, 0.2) is 77.7 Å². The predicted octanol–water partition coefficient (Wildman–Crippen LogP) is 5.93. The maximum absolute atomic E-state index is 13.3. The summed E-state index contributed by atoms with van der Waals surface area (Å²) in [7, 11) is -1.44. The number of anilines is 1. The molecule has 1 N–H and O–H groups in total. The number of hydrogen-bond acceptors (Lipinski definition) is 4. The number of benzene rings is 3. The molecule has 0 radical (unpaired) electrons. The van der Waals surface area contributed by atoms with Crippen LogP contribution in [0.4, 0.5) is 5.69 Å². The van der Waals surface area contributed by atoms with Crippen molar-refractivity contribution >= 4 is 38.9 Å². The van der Waals surface area contributed by atoms with E-state index in [4.69, 9.17) is 11.6 Å². The zero-order chi connectivity index (χ0) is 26.6. The van der Waals surface area contributed by atoms with Crippen molar-refractivity contribution in [3.05, 3.63) is 94.5 Å². The Bertz CT molecular complexity index is 1350. The lowest BCUT2D eigenvalue weighted by molar-refractivity contribution is -0.115. The Labute approximate surface area is 223 Å². The van der Waals surface area contributed by atoms with E-state index in [-0.39, 0.29) is 34.9 Å². The molecule has 194 valence electrons. The zero-order valence-corrected chi connectivity index (χ0v) is 22.6. The highest BCUT2D eigenvalue weighted by Gasteiger charge is 2.30. The number of amides is 2. The number of nitrogens with zero attached hydrogens (tertiary/aromatic N) is 1. The molecule has 0 bridgehead atoms. The van der Waals surface area contributed by atoms with Crippen molar-refractivity contribution in [2.24, 2.45) is 5.92 Å². The molecule has 8 heteroatoms. The van der Waals surface area contributed by atoms with E-state index in [0.717, 1.165) is 12.0 Å². The third kappa shape index (κ3) is 6.99. The average Bonchev–Trinajstić information content (AvgIpc) is 3.72. The number of nitrogens with one attached hydrogen (secondary N) is 1. The molecule has 1 aliphatic carbocycles. The van der Waals surface area contributed by atoms with Crippen LogP contribution in [0, 0.1) is 5.92 Å². The molecular weight excluding hydrogens is 508 g/mol. The zero-order valence-electron chi connectivity index (χ0n) is 21.0. The highest BCUT2D eigenvalue weighted by atomic mass is 35.5. The monoisotopic (exact) mass is 538 g/mol. The molecule has 0 spiro atoms. The fourth-order valence-corrected chi connectivity index (χ4v) is 5.30. The summed E-state index contributed by atoms with van der Waals surface area (Å²) < 4.78 is 23.9. The van der Waals surface area contributed by atoms with Crippen LogP contribution >= 0.6 is 11.6 Å². The first-order valence-electron chi connectivity index (χ1n) is 12.4. The molecule has 3 aromatic rings. The van der Waals surface area contributed by atoms with Gasteiger partial charge in [-0.05, 0) is 72.0 Å². The molecule has 3 aromatic carbocycles. The van der Waals surface area contributed by atoms with Gasteiger partial charge in [0.25, 0.3) is 5.91 Å². The Morgan fingerprint density at radius 1 is 0.973 bits per heavy atom. The summed E-state index contributed by atoms with van der Waals surface area (Å²) >= 11 is 6.06. The van der Waals surface area contributed by atoms with Crippen molar-refractivity contribution in [3.63, 3.8) is 0 Å². The number of hydrogen-bond donors (Lipinski definition) is 1. The van der Waals surface area contributed by atoms with Gasteiger partial charge in [0.1, 0.15) is 0 Å². The van der Waals surface area contributed by atoms with E-state index in [9.17, 15) is 18.0 Å². The lowest BCUT2D eigenvalue weighted by atomic mass is 9.99. The molecule has 1 fully saturated rings. The lowest BCUT2D eigenvalue weighted by Crippen LogP contribution is -2.31. The summed E-state index contributed by atoms with van der Waals surface area (Å²) in [4.78, 5) is 27.8. The molecule has 0 aromatic heterocycles. The Morgan fingerprint density at radius 2 is 1.59 bits per heavy atom. The van der Waals surface area contributed by atoms with Crippen LogP contribution < -0.4 is 5.32 Å². The summed E-state index contributed by atoms with van der Waals surface area (Å²) in [5.41, 5.74) is 2.91. The van der Waals surface area contributed by atoms with Crippen molar-refractivity contribution in [2.75, 3.05) is 18.1 Å². The van der Waals surface area contributed by atoms with Crippen molar-refractivity contribution in [3.8, 4) is 0 Å². The van der Waals surface area contributed by atoms with E-state index in [0.29, 0.717) is 27.8 Å². The van der Waals surface area contributed by atoms with E-state index in [1.165, 1.54) is 25.0 Å². The van der Waals surface area contributed by atoms with Gasteiger partial charge < -0.3 is 10.2 Å². The van der Waals surface area contributed by atoms with Gasteiger partial charge >= 0.3 is 0 Å². The van der Waals surface area contributed by atoms with E-state index >= 15 is 0 Å². The summed E-state index contributed by atoms with van der Waals surface area (Å²) in [5.74, 6) is 0.361. The number of rotatable bonds is 10. The maximum Gasteiger partial charge on any atom is 0.254 e. The molecular formula is C29H31ClN2O4S. The largest absolute Gasteiger partial charge is 0.335 e. The molecule has 0 heterocycles. The number of carbonyl (C=O) groups excluding carboxylic acids is 2. The number of sulfone groups is 1. The molecule has 6 nitrogen and oxygen atoms in total. The van der Waals surface area contributed by atoms with Crippen LogP contribution in [-0.4, -0.2) is 37.9 Å². The fraction of sp³-hybridized carbons (Fsp3) is 0.310. The van der Waals surface area contributed by atoms with Gasteiger partial charge in [-0.25, -0.2) is 8.42 Å². The Kier molecular flexibility index (Phi) is 8.35. The third-order valence-electron chi connectivity index (χ3n) is 6.74. The molecule has 1 atom stereocenters.